The molecule has 0 aliphatic heterocycles. The van der Waals surface area contributed by atoms with Crippen LogP contribution in [0.25, 0.3) is 0 Å². The summed E-state index contributed by atoms with van der Waals surface area (Å²) in [4.78, 5) is 26.7. The number of fused-ring (bicyclic) bond motifs is 2. The molecular weight excluding hydrogens is 290 g/mol. The van der Waals surface area contributed by atoms with E-state index in [1.807, 2.05) is 5.38 Å². The third-order valence-corrected chi connectivity index (χ3v) is 5.36. The summed E-state index contributed by atoms with van der Waals surface area (Å²) in [5.74, 6) is -0.281. The first kappa shape index (κ1) is 14.5. The zero-order valence-electron chi connectivity index (χ0n) is 11.8. The van der Waals surface area contributed by atoms with Crippen LogP contribution in [0, 0.1) is 17.8 Å². The van der Waals surface area contributed by atoms with Gasteiger partial charge in [0, 0.05) is 24.9 Å². The van der Waals surface area contributed by atoms with Gasteiger partial charge in [0.25, 0.3) is 0 Å². The number of amides is 1. The Morgan fingerprint density at radius 2 is 2.19 bits per heavy atom. The van der Waals surface area contributed by atoms with Crippen LogP contribution in [0.15, 0.2) is 5.38 Å². The van der Waals surface area contributed by atoms with Crippen LogP contribution in [0.2, 0.25) is 0 Å². The van der Waals surface area contributed by atoms with Gasteiger partial charge in [0.15, 0.2) is 5.13 Å². The molecule has 1 aromatic heterocycles. The van der Waals surface area contributed by atoms with Crippen LogP contribution in [0.5, 0.6) is 0 Å². The Labute approximate surface area is 127 Å². The maximum absolute atomic E-state index is 11.4. The van der Waals surface area contributed by atoms with Crippen molar-refractivity contribution < 1.29 is 14.7 Å². The maximum atomic E-state index is 11.4. The average Bonchev–Trinajstić information content (AvgIpc) is 3.09. The van der Waals surface area contributed by atoms with Crippen LogP contribution in [-0.4, -0.2) is 28.0 Å². The number of carboxylic acid groups (broad SMARTS) is 1. The van der Waals surface area contributed by atoms with Gasteiger partial charge in [-0.2, -0.15) is 0 Å². The Morgan fingerprint density at radius 3 is 2.90 bits per heavy atom. The summed E-state index contributed by atoms with van der Waals surface area (Å²) < 4.78 is 0. The van der Waals surface area contributed by atoms with Crippen LogP contribution >= 0.6 is 11.3 Å². The monoisotopic (exact) mass is 309 g/mol. The number of carboxylic acids is 1. The van der Waals surface area contributed by atoms with Crippen molar-refractivity contribution in [1.29, 1.82) is 0 Å². The van der Waals surface area contributed by atoms with Crippen molar-refractivity contribution >= 4 is 28.3 Å². The smallest absolute Gasteiger partial charge is 0.308 e. The van der Waals surface area contributed by atoms with Gasteiger partial charge in [-0.25, -0.2) is 4.98 Å². The largest absolute Gasteiger partial charge is 0.481 e. The highest BCUT2D eigenvalue weighted by Crippen LogP contribution is 2.48. The molecule has 0 saturated heterocycles. The molecule has 1 amide bonds. The number of rotatable bonds is 5. The minimum absolute atomic E-state index is 0.0483. The number of aliphatic carboxylic acids is 1. The van der Waals surface area contributed by atoms with Crippen molar-refractivity contribution in [3.8, 4) is 0 Å². The molecule has 2 fully saturated rings. The molecule has 21 heavy (non-hydrogen) atoms. The fourth-order valence-corrected chi connectivity index (χ4v) is 4.52. The molecule has 2 saturated carbocycles. The summed E-state index contributed by atoms with van der Waals surface area (Å²) in [6, 6.07) is 0.0483. The van der Waals surface area contributed by atoms with Gasteiger partial charge in [-0.05, 0) is 31.1 Å². The normalized spacial score (nSPS) is 30.5. The highest BCUT2D eigenvalue weighted by molar-refractivity contribution is 7.13. The van der Waals surface area contributed by atoms with Crippen molar-refractivity contribution in [3.63, 3.8) is 0 Å². The molecule has 2 aliphatic rings. The lowest BCUT2D eigenvalue weighted by atomic mass is 9.84. The summed E-state index contributed by atoms with van der Waals surface area (Å²) in [5.41, 5.74) is 0.843. The van der Waals surface area contributed by atoms with E-state index in [1.165, 1.54) is 18.3 Å². The molecule has 3 N–H and O–H groups in total. The third kappa shape index (κ3) is 2.94. The van der Waals surface area contributed by atoms with Gasteiger partial charge in [-0.3, -0.25) is 9.59 Å². The number of carbonyl (C=O) groups is 2. The fourth-order valence-electron chi connectivity index (χ4n) is 3.76. The highest BCUT2D eigenvalue weighted by Gasteiger charge is 2.50. The highest BCUT2D eigenvalue weighted by atomic mass is 32.1. The standard InChI is InChI=1S/C14H19N3O3S/c1-7(18)16-14-17-10(6-21-14)5-15-12-9-3-2-8(4-9)11(12)13(19)20/h6,8-9,11-12,15H,2-5H2,1H3,(H,19,20)(H,16,17,18). The first-order chi connectivity index (χ1) is 10.0. The van der Waals surface area contributed by atoms with Crippen molar-refractivity contribution in [2.24, 2.45) is 17.8 Å². The second-order valence-corrected chi connectivity index (χ2v) is 6.79. The van der Waals surface area contributed by atoms with E-state index in [-0.39, 0.29) is 17.9 Å². The van der Waals surface area contributed by atoms with E-state index < -0.39 is 5.97 Å². The van der Waals surface area contributed by atoms with Crippen molar-refractivity contribution in [1.82, 2.24) is 10.3 Å². The first-order valence-corrected chi connectivity index (χ1v) is 8.10. The van der Waals surface area contributed by atoms with Crippen molar-refractivity contribution in [3.05, 3.63) is 11.1 Å². The molecule has 2 bridgehead atoms. The van der Waals surface area contributed by atoms with Crippen LogP contribution in [0.3, 0.4) is 0 Å². The van der Waals surface area contributed by atoms with Crippen LogP contribution in [0.4, 0.5) is 5.13 Å². The first-order valence-electron chi connectivity index (χ1n) is 7.23. The number of thiazole rings is 1. The topological polar surface area (TPSA) is 91.3 Å². The molecule has 2 aliphatic carbocycles. The Kier molecular flexibility index (Phi) is 3.95. The Balaban J connectivity index is 1.60. The Bertz CT molecular complexity index is 559. The van der Waals surface area contributed by atoms with Gasteiger partial charge >= 0.3 is 5.97 Å². The molecular formula is C14H19N3O3S. The Morgan fingerprint density at radius 1 is 1.43 bits per heavy atom. The molecule has 1 heterocycles. The molecule has 0 aromatic carbocycles. The van der Waals surface area contributed by atoms with E-state index in [0.29, 0.717) is 23.5 Å². The molecule has 4 unspecified atom stereocenters. The van der Waals surface area contributed by atoms with Gasteiger partial charge < -0.3 is 15.7 Å². The van der Waals surface area contributed by atoms with Gasteiger partial charge in [-0.15, -0.1) is 11.3 Å². The summed E-state index contributed by atoms with van der Waals surface area (Å²) in [6.45, 7) is 2.00. The van der Waals surface area contributed by atoms with Gasteiger partial charge in [0.1, 0.15) is 0 Å². The van der Waals surface area contributed by atoms with Gasteiger partial charge in [0.2, 0.25) is 5.91 Å². The zero-order chi connectivity index (χ0) is 15.0. The number of carbonyl (C=O) groups excluding carboxylic acids is 1. The summed E-state index contributed by atoms with van der Waals surface area (Å²) >= 11 is 1.38. The molecule has 1 aromatic rings. The molecule has 7 heteroatoms. The van der Waals surface area contributed by atoms with E-state index in [1.54, 1.807) is 0 Å². The predicted octanol–water partition coefficient (Wildman–Crippen LogP) is 1.69. The Hall–Kier alpha value is -1.47. The number of nitrogens with zero attached hydrogens (tertiary/aromatic N) is 1. The maximum Gasteiger partial charge on any atom is 0.308 e. The number of aromatic nitrogens is 1. The molecule has 114 valence electrons. The molecule has 3 rings (SSSR count). The SMILES string of the molecule is CC(=O)Nc1nc(CNC2C3CCC(C3)C2C(=O)O)cs1. The predicted molar refractivity (Wildman–Crippen MR) is 79.0 cm³/mol. The molecule has 0 radical (unpaired) electrons. The quantitative estimate of drug-likeness (QED) is 0.770. The second-order valence-electron chi connectivity index (χ2n) is 5.93. The number of hydrogen-bond acceptors (Lipinski definition) is 5. The molecule has 4 atom stereocenters. The van der Waals surface area contributed by atoms with Gasteiger partial charge in [-0.1, -0.05) is 0 Å². The number of hydrogen-bond donors (Lipinski definition) is 3. The lowest BCUT2D eigenvalue weighted by Gasteiger charge is -2.28. The fraction of sp³-hybridized carbons (Fsp3) is 0.643. The molecule has 6 nitrogen and oxygen atoms in total. The minimum Gasteiger partial charge on any atom is -0.481 e. The van der Waals surface area contributed by atoms with Crippen molar-refractivity contribution in [2.75, 3.05) is 5.32 Å². The third-order valence-electron chi connectivity index (χ3n) is 4.56. The minimum atomic E-state index is -0.683. The van der Waals surface area contributed by atoms with Crippen LogP contribution in [-0.2, 0) is 16.1 Å². The van der Waals surface area contributed by atoms with E-state index in [4.69, 9.17) is 0 Å². The van der Waals surface area contributed by atoms with E-state index in [9.17, 15) is 14.7 Å². The van der Waals surface area contributed by atoms with Crippen molar-refractivity contribution in [2.45, 2.75) is 38.8 Å². The average molecular weight is 309 g/mol. The van der Waals surface area contributed by atoms with Crippen LogP contribution in [0.1, 0.15) is 31.9 Å². The number of nitrogens with one attached hydrogen (secondary N) is 2. The van der Waals surface area contributed by atoms with Crippen LogP contribution < -0.4 is 10.6 Å². The van der Waals surface area contributed by atoms with E-state index in [0.717, 1.165) is 25.0 Å². The number of anilines is 1. The second kappa shape index (κ2) is 5.73. The van der Waals surface area contributed by atoms with E-state index >= 15 is 0 Å². The van der Waals surface area contributed by atoms with Gasteiger partial charge in [0.05, 0.1) is 11.6 Å². The summed E-state index contributed by atoms with van der Waals surface area (Å²) in [5, 5.41) is 17.9. The summed E-state index contributed by atoms with van der Waals surface area (Å²) in [6.07, 6.45) is 3.20. The lowest BCUT2D eigenvalue weighted by Crippen LogP contribution is -2.43. The van der Waals surface area contributed by atoms with E-state index in [2.05, 4.69) is 15.6 Å². The zero-order valence-corrected chi connectivity index (χ0v) is 12.7. The lowest BCUT2D eigenvalue weighted by molar-refractivity contribution is -0.144. The molecule has 0 spiro atoms. The summed E-state index contributed by atoms with van der Waals surface area (Å²) in [7, 11) is 0.